The third kappa shape index (κ3) is 10.9. The van der Waals surface area contributed by atoms with E-state index in [0.29, 0.717) is 50.0 Å². The first kappa shape index (κ1) is 44.5. The van der Waals surface area contributed by atoms with Gasteiger partial charge in [-0.25, -0.2) is 4.79 Å². The van der Waals surface area contributed by atoms with Gasteiger partial charge in [0, 0.05) is 53.6 Å². The fourth-order valence-electron chi connectivity index (χ4n) is 7.52. The number of carboxylic acids is 1. The molecule has 7 rings (SSSR count). The molecule has 1 atom stereocenters. The molecule has 0 aromatic heterocycles. The maximum Gasteiger partial charge on any atom is 0.336 e. The minimum absolute atomic E-state index is 0.0244. The van der Waals surface area contributed by atoms with Crippen LogP contribution in [0, 0.1) is 0 Å². The van der Waals surface area contributed by atoms with E-state index in [1.807, 2.05) is 12.1 Å². The summed E-state index contributed by atoms with van der Waals surface area (Å²) in [6.07, 6.45) is 2.36. The van der Waals surface area contributed by atoms with Crippen molar-refractivity contribution in [1.82, 2.24) is 20.4 Å². The Labute approximate surface area is 377 Å². The van der Waals surface area contributed by atoms with Crippen LogP contribution in [-0.4, -0.2) is 88.6 Å². The summed E-state index contributed by atoms with van der Waals surface area (Å²) in [6, 6.07) is 25.4. The lowest BCUT2D eigenvalue weighted by Crippen LogP contribution is -2.41. The number of aromatic carboxylic acids is 1. The minimum Gasteiger partial charge on any atom is -0.508 e. The Hall–Kier alpha value is -6.52. The summed E-state index contributed by atoms with van der Waals surface area (Å²) in [5.74, 6) is -2.14. The first-order valence-corrected chi connectivity index (χ1v) is 21.1. The van der Waals surface area contributed by atoms with Crippen molar-refractivity contribution in [2.24, 2.45) is 0 Å². The van der Waals surface area contributed by atoms with Gasteiger partial charge >= 0.3 is 5.97 Å². The van der Waals surface area contributed by atoms with Crippen LogP contribution in [-0.2, 0) is 20.8 Å². The smallest absolute Gasteiger partial charge is 0.336 e. The standard InChI is InChI=1S/C46H42Cl2N6O8S/c1-53(43(59)19-26-4-15-36(47)37(48)18-26)38(25-54-16-2-3-17-54)27-5-7-28(8-6-27)51-42(58)24-49-41(57)23-50-46(63)52-29-9-12-32(35(20-29)45(60)61)44-33-13-10-30(55)21-39(33)62-40-22-31(56)11-14-34(40)44/h4-15,18,20-22,38,55H,2-3,16-17,19,23-25H2,1H3,(H,49,57)(H,51,58)(H,60,61)(H2,50,52,63). The molecule has 63 heavy (non-hydrogen) atoms. The molecule has 0 spiro atoms. The average Bonchev–Trinajstić information content (AvgIpc) is 3.78. The third-order valence-electron chi connectivity index (χ3n) is 10.7. The Morgan fingerprint density at radius 2 is 1.52 bits per heavy atom. The van der Waals surface area contributed by atoms with Gasteiger partial charge in [0.15, 0.2) is 10.5 Å². The van der Waals surface area contributed by atoms with Crippen LogP contribution in [0.2, 0.25) is 10.0 Å². The van der Waals surface area contributed by atoms with E-state index in [1.165, 1.54) is 30.3 Å². The lowest BCUT2D eigenvalue weighted by atomic mass is 9.90. The predicted octanol–water partition coefficient (Wildman–Crippen LogP) is 7.15. The molecule has 4 aromatic rings. The molecule has 0 radical (unpaired) electrons. The fourth-order valence-corrected chi connectivity index (χ4v) is 8.03. The molecular formula is C46H42Cl2N6O8S. The van der Waals surface area contributed by atoms with Crippen molar-refractivity contribution in [3.8, 4) is 28.2 Å². The molecule has 2 aliphatic heterocycles. The van der Waals surface area contributed by atoms with Crippen LogP contribution in [0.4, 0.5) is 11.4 Å². The molecule has 4 aromatic carbocycles. The Kier molecular flexibility index (Phi) is 13.9. The van der Waals surface area contributed by atoms with Gasteiger partial charge in [-0.05, 0) is 116 Å². The minimum atomic E-state index is -1.24. The Bertz CT molecular complexity index is 2760. The van der Waals surface area contributed by atoms with Gasteiger partial charge in [-0.15, -0.1) is 0 Å². The quantitative estimate of drug-likeness (QED) is 0.0478. The molecule has 2 heterocycles. The number of fused-ring (bicyclic) bond motifs is 2. The lowest BCUT2D eigenvalue weighted by Gasteiger charge is -2.32. The van der Waals surface area contributed by atoms with E-state index in [4.69, 9.17) is 39.8 Å². The van der Waals surface area contributed by atoms with E-state index in [2.05, 4.69) is 26.2 Å². The van der Waals surface area contributed by atoms with Gasteiger partial charge in [0.2, 0.25) is 17.7 Å². The number of likely N-dealkylation sites (N-methyl/N-ethyl adjacent to an activating group) is 1. The number of nitrogens with one attached hydrogen (secondary N) is 4. The summed E-state index contributed by atoms with van der Waals surface area (Å²) in [7, 11) is 1.79. The summed E-state index contributed by atoms with van der Waals surface area (Å²) in [4.78, 5) is 67.8. The van der Waals surface area contributed by atoms with Crippen LogP contribution < -0.4 is 26.7 Å². The van der Waals surface area contributed by atoms with Crippen molar-refractivity contribution in [3.05, 3.63) is 134 Å². The number of carbonyl (C=O) groups excluding carboxylic acids is 3. The molecule has 1 fully saturated rings. The number of thiocarbonyl (C=S) groups is 1. The molecule has 324 valence electrons. The number of hydrogen-bond donors (Lipinski definition) is 6. The van der Waals surface area contributed by atoms with Crippen LogP contribution in [0.25, 0.3) is 33.4 Å². The highest BCUT2D eigenvalue weighted by atomic mass is 35.5. The predicted molar refractivity (Wildman–Crippen MR) is 247 cm³/mol. The zero-order valence-corrected chi connectivity index (χ0v) is 36.2. The van der Waals surface area contributed by atoms with Crippen LogP contribution >= 0.6 is 35.4 Å². The van der Waals surface area contributed by atoms with E-state index in [1.54, 1.807) is 66.5 Å². The summed E-state index contributed by atoms with van der Waals surface area (Å²) >= 11 is 17.6. The second-order valence-corrected chi connectivity index (χ2v) is 16.3. The molecule has 17 heteroatoms. The van der Waals surface area contributed by atoms with Crippen LogP contribution in [0.5, 0.6) is 5.75 Å². The Balaban J connectivity index is 0.928. The van der Waals surface area contributed by atoms with Gasteiger partial charge in [0.1, 0.15) is 17.1 Å². The third-order valence-corrected chi connectivity index (χ3v) is 11.7. The molecule has 1 saturated heterocycles. The average molecular weight is 910 g/mol. The number of carbonyl (C=O) groups is 4. The van der Waals surface area contributed by atoms with E-state index >= 15 is 0 Å². The van der Waals surface area contributed by atoms with E-state index in [0.717, 1.165) is 37.1 Å². The molecule has 1 aliphatic carbocycles. The number of phenols is 1. The maximum absolute atomic E-state index is 13.5. The highest BCUT2D eigenvalue weighted by Gasteiger charge is 2.27. The van der Waals surface area contributed by atoms with E-state index in [-0.39, 0.29) is 64.7 Å². The number of aromatic hydroxyl groups is 1. The zero-order chi connectivity index (χ0) is 44.8. The van der Waals surface area contributed by atoms with Gasteiger partial charge in [0.25, 0.3) is 0 Å². The molecule has 3 aliphatic rings. The van der Waals surface area contributed by atoms with E-state index in [9.17, 15) is 34.2 Å². The number of benzene rings is 5. The largest absolute Gasteiger partial charge is 0.508 e. The van der Waals surface area contributed by atoms with E-state index < -0.39 is 17.8 Å². The number of anilines is 2. The number of phenolic OH excluding ortho intramolecular Hbond substituents is 1. The zero-order valence-electron chi connectivity index (χ0n) is 33.9. The monoisotopic (exact) mass is 908 g/mol. The number of amides is 3. The number of carboxylic acid groups (broad SMARTS) is 1. The SMILES string of the molecule is CN(C(=O)Cc1ccc(Cl)c(Cl)c1)C(CN1CCCC1)c1ccc(NC(=O)CNC(=O)CNC(=S)Nc2ccc(-c3c4ccc(=O)cc-4oc4cc(O)ccc34)c(C(=O)O)c2)cc1. The molecule has 1 unspecified atom stereocenters. The summed E-state index contributed by atoms with van der Waals surface area (Å²) < 4.78 is 5.89. The molecule has 14 nitrogen and oxygen atoms in total. The molecule has 0 saturated carbocycles. The van der Waals surface area contributed by atoms with Gasteiger partial charge in [-0.1, -0.05) is 47.5 Å². The number of nitrogens with zero attached hydrogens (tertiary/aromatic N) is 2. The first-order valence-electron chi connectivity index (χ1n) is 19.9. The van der Waals surface area contributed by atoms with Gasteiger partial charge in [0.05, 0.1) is 41.2 Å². The van der Waals surface area contributed by atoms with Crippen molar-refractivity contribution in [3.63, 3.8) is 0 Å². The van der Waals surface area contributed by atoms with Crippen molar-refractivity contribution in [2.45, 2.75) is 25.3 Å². The fraction of sp³-hybridized carbons (Fsp3) is 0.217. The highest BCUT2D eigenvalue weighted by molar-refractivity contribution is 7.80. The Morgan fingerprint density at radius 3 is 2.25 bits per heavy atom. The lowest BCUT2D eigenvalue weighted by molar-refractivity contribution is -0.131. The second kappa shape index (κ2) is 19.7. The molecule has 6 N–H and O–H groups in total. The number of rotatable bonds is 14. The normalized spacial score (nSPS) is 13.1. The number of hydrogen-bond acceptors (Lipinski definition) is 9. The molecule has 3 amide bonds. The molecule has 0 bridgehead atoms. The second-order valence-electron chi connectivity index (χ2n) is 15.1. The van der Waals surface area contributed by atoms with Crippen LogP contribution in [0.3, 0.4) is 0 Å². The van der Waals surface area contributed by atoms with Crippen molar-refractivity contribution < 1.29 is 33.8 Å². The van der Waals surface area contributed by atoms with Gasteiger partial charge in [-0.2, -0.15) is 0 Å². The van der Waals surface area contributed by atoms with Gasteiger partial charge in [-0.3, -0.25) is 19.2 Å². The molecular weight excluding hydrogens is 868 g/mol. The highest BCUT2D eigenvalue weighted by Crippen LogP contribution is 2.42. The summed E-state index contributed by atoms with van der Waals surface area (Å²) in [6.45, 7) is 1.96. The van der Waals surface area contributed by atoms with Crippen molar-refractivity contribution >= 4 is 86.6 Å². The number of halogens is 2. The van der Waals surface area contributed by atoms with Gasteiger partial charge < -0.3 is 45.7 Å². The van der Waals surface area contributed by atoms with Crippen molar-refractivity contribution in [2.75, 3.05) is 50.4 Å². The topological polar surface area (TPSA) is 194 Å². The first-order chi connectivity index (χ1) is 30.2. The van der Waals surface area contributed by atoms with Crippen LogP contribution in [0.1, 0.15) is 40.4 Å². The van der Waals surface area contributed by atoms with Crippen molar-refractivity contribution in [1.29, 1.82) is 0 Å². The number of likely N-dealkylation sites (tertiary alicyclic amines) is 1. The Morgan fingerprint density at radius 1 is 0.810 bits per heavy atom. The van der Waals surface area contributed by atoms with Crippen LogP contribution in [0.15, 0.2) is 106 Å². The summed E-state index contributed by atoms with van der Waals surface area (Å²) in [5.41, 5.74) is 3.68. The summed E-state index contributed by atoms with van der Waals surface area (Å²) in [5, 5.41) is 32.7. The maximum atomic E-state index is 13.5.